The van der Waals surface area contributed by atoms with Gasteiger partial charge < -0.3 is 0 Å². The fourth-order valence-corrected chi connectivity index (χ4v) is 3.56. The molecule has 1 radical (unpaired) electrons. The first-order valence-corrected chi connectivity index (χ1v) is 13.7. The average molecular weight is 405 g/mol. The number of hydrogen-bond acceptors (Lipinski definition) is 0. The molecular formula is C18H26PdSi2-. The van der Waals surface area contributed by atoms with E-state index in [0.29, 0.717) is 0 Å². The van der Waals surface area contributed by atoms with Crippen molar-refractivity contribution in [3.8, 4) is 11.1 Å². The summed E-state index contributed by atoms with van der Waals surface area (Å²) < 4.78 is 0. The smallest absolute Gasteiger partial charge is 0.0673 e. The van der Waals surface area contributed by atoms with Gasteiger partial charge in [0, 0.05) is 29.2 Å². The molecule has 117 valence electrons. The van der Waals surface area contributed by atoms with Crippen LogP contribution in [0.4, 0.5) is 0 Å². The second kappa shape index (κ2) is 9.53. The van der Waals surface area contributed by atoms with Crippen LogP contribution >= 0.6 is 0 Å². The predicted octanol–water partition coefficient (Wildman–Crippen LogP) is 5.07. The monoisotopic (exact) mass is 404 g/mol. The van der Waals surface area contributed by atoms with Crippen molar-refractivity contribution in [3.05, 3.63) is 54.6 Å². The molecule has 0 fully saturated rings. The van der Waals surface area contributed by atoms with Gasteiger partial charge >= 0.3 is 0 Å². The number of hydrogen-bond donors (Lipinski definition) is 0. The van der Waals surface area contributed by atoms with E-state index in [1.165, 1.54) is 16.3 Å². The molecule has 0 atom stereocenters. The second-order valence-corrected chi connectivity index (χ2v) is 14.6. The number of rotatable bonds is 2. The molecule has 2 aromatic carbocycles. The van der Waals surface area contributed by atoms with Gasteiger partial charge in [0.25, 0.3) is 0 Å². The van der Waals surface area contributed by atoms with Crippen LogP contribution in [0.1, 0.15) is 0 Å². The van der Waals surface area contributed by atoms with Crippen molar-refractivity contribution in [3.63, 3.8) is 0 Å². The summed E-state index contributed by atoms with van der Waals surface area (Å²) in [5.74, 6) is 0. The van der Waals surface area contributed by atoms with E-state index in [1.54, 1.807) is 0 Å². The van der Waals surface area contributed by atoms with Crippen LogP contribution in [0.25, 0.3) is 11.1 Å². The zero-order valence-corrected chi connectivity index (χ0v) is 17.5. The molecule has 0 saturated heterocycles. The van der Waals surface area contributed by atoms with E-state index in [2.05, 4.69) is 81.7 Å². The van der Waals surface area contributed by atoms with Gasteiger partial charge in [-0.25, -0.2) is 0 Å². The molecule has 0 bridgehead atoms. The van der Waals surface area contributed by atoms with Crippen molar-refractivity contribution in [1.82, 2.24) is 0 Å². The van der Waals surface area contributed by atoms with Crippen LogP contribution < -0.4 is 5.19 Å². The summed E-state index contributed by atoms with van der Waals surface area (Å²) in [6, 6.07) is 20.3. The van der Waals surface area contributed by atoms with E-state index in [9.17, 15) is 0 Å². The third kappa shape index (κ3) is 7.38. The van der Waals surface area contributed by atoms with Crippen molar-refractivity contribution < 1.29 is 20.4 Å². The van der Waals surface area contributed by atoms with Crippen LogP contribution in [0.3, 0.4) is 0 Å². The molecule has 0 aliphatic carbocycles. The first kappa shape index (κ1) is 20.5. The summed E-state index contributed by atoms with van der Waals surface area (Å²) >= 11 is 0. The Hall–Kier alpha value is -0.464. The Morgan fingerprint density at radius 1 is 0.857 bits per heavy atom. The molecule has 0 aromatic heterocycles. The molecular weight excluding hydrogens is 379 g/mol. The van der Waals surface area contributed by atoms with Gasteiger partial charge in [0.05, 0.1) is 8.07 Å². The van der Waals surface area contributed by atoms with Gasteiger partial charge in [0.1, 0.15) is 0 Å². The molecule has 0 N–H and O–H groups in total. The third-order valence-corrected chi connectivity index (χ3v) is 4.79. The van der Waals surface area contributed by atoms with Crippen LogP contribution in [-0.4, -0.2) is 16.9 Å². The average Bonchev–Trinajstić information content (AvgIpc) is 2.38. The van der Waals surface area contributed by atoms with E-state index in [4.69, 9.17) is 0 Å². The van der Waals surface area contributed by atoms with E-state index in [-0.39, 0.29) is 29.2 Å². The summed E-state index contributed by atoms with van der Waals surface area (Å²) in [4.78, 5) is 0. The minimum Gasteiger partial charge on any atom is -0.147 e. The van der Waals surface area contributed by atoms with E-state index in [0.717, 1.165) is 0 Å². The van der Waals surface area contributed by atoms with Crippen LogP contribution in [-0.2, 0) is 20.4 Å². The fourth-order valence-electron chi connectivity index (χ4n) is 1.93. The third-order valence-electron chi connectivity index (χ3n) is 2.73. The summed E-state index contributed by atoms with van der Waals surface area (Å²) in [6.07, 6.45) is 0. The molecule has 0 aliphatic heterocycles. The van der Waals surface area contributed by atoms with Crippen molar-refractivity contribution >= 4 is 22.1 Å². The first-order chi connectivity index (χ1) is 9.32. The maximum Gasteiger partial charge on any atom is 0.0673 e. The van der Waals surface area contributed by atoms with E-state index in [1.807, 2.05) is 12.1 Å². The Bertz CT molecular complexity index is 513. The molecule has 0 spiro atoms. The molecule has 0 aliphatic rings. The molecule has 3 heteroatoms. The quantitative estimate of drug-likeness (QED) is 0.484. The van der Waals surface area contributed by atoms with Gasteiger partial charge in [-0.15, -0.1) is 41.5 Å². The van der Waals surface area contributed by atoms with Gasteiger partial charge in [-0.1, -0.05) is 68.7 Å². The Balaban J connectivity index is 0.000000715. The normalized spacial score (nSPS) is 10.4. The van der Waals surface area contributed by atoms with Crippen LogP contribution in [0.15, 0.2) is 48.5 Å². The fraction of sp³-hybridized carbons (Fsp3) is 0.333. The molecule has 0 unspecified atom stereocenters. The Kier molecular flexibility index (Phi) is 9.32. The largest absolute Gasteiger partial charge is 0.147 e. The van der Waals surface area contributed by atoms with Crippen molar-refractivity contribution in [1.29, 1.82) is 0 Å². The van der Waals surface area contributed by atoms with Crippen LogP contribution in [0.2, 0.25) is 39.3 Å². The van der Waals surface area contributed by atoms with Gasteiger partial charge in [-0.05, 0) is 0 Å². The minimum atomic E-state index is -1.28. The van der Waals surface area contributed by atoms with Gasteiger partial charge in [-0.3, -0.25) is 0 Å². The van der Waals surface area contributed by atoms with Gasteiger partial charge in [-0.2, -0.15) is 0 Å². The SMILES string of the molecule is C[Si](C)(C)c1ccccc1-c1[c-]cccc1.C[Si](C)C.[Pd]. The maximum absolute atomic E-state index is 3.32. The van der Waals surface area contributed by atoms with Gasteiger partial charge in [0.15, 0.2) is 0 Å². The molecule has 0 saturated carbocycles. The molecule has 2 rings (SSSR count). The van der Waals surface area contributed by atoms with Crippen molar-refractivity contribution in [2.24, 2.45) is 0 Å². The zero-order chi connectivity index (χ0) is 15.2. The van der Waals surface area contributed by atoms with Crippen LogP contribution in [0, 0.1) is 6.07 Å². The number of benzene rings is 2. The predicted molar refractivity (Wildman–Crippen MR) is 97.0 cm³/mol. The van der Waals surface area contributed by atoms with E-state index >= 15 is 0 Å². The molecule has 0 amide bonds. The Labute approximate surface area is 147 Å². The Morgan fingerprint density at radius 2 is 1.38 bits per heavy atom. The summed E-state index contributed by atoms with van der Waals surface area (Å²) in [5.41, 5.74) is 2.56. The van der Waals surface area contributed by atoms with Gasteiger partial charge in [0.2, 0.25) is 0 Å². The van der Waals surface area contributed by atoms with Crippen LogP contribution in [0.5, 0.6) is 0 Å². The summed E-state index contributed by atoms with van der Waals surface area (Å²) in [6.45, 7) is 14.0. The topological polar surface area (TPSA) is 0 Å². The zero-order valence-electron chi connectivity index (χ0n) is 13.9. The molecule has 0 heterocycles. The standard InChI is InChI=1S/C15H17Si.C3H9Si.Pd/c1-16(2,3)15-12-8-7-11-14(15)13-9-5-4-6-10-13;1-4(2)3;/h4-9,11-12H,1-3H3;1-3H3;/q-1;;. The molecule has 21 heavy (non-hydrogen) atoms. The van der Waals surface area contributed by atoms with E-state index < -0.39 is 8.07 Å². The first-order valence-electron chi connectivity index (χ1n) is 7.15. The second-order valence-electron chi connectivity index (χ2n) is 6.57. The summed E-state index contributed by atoms with van der Waals surface area (Å²) in [5, 5.41) is 1.51. The summed E-state index contributed by atoms with van der Waals surface area (Å²) in [7, 11) is -1.16. The maximum atomic E-state index is 3.32. The minimum absolute atomic E-state index is 0. The van der Waals surface area contributed by atoms with Crippen molar-refractivity contribution in [2.45, 2.75) is 39.3 Å². The molecule has 0 nitrogen and oxygen atoms in total. The van der Waals surface area contributed by atoms with Crippen molar-refractivity contribution in [2.75, 3.05) is 0 Å². The molecule has 2 aromatic rings. The Morgan fingerprint density at radius 3 is 1.86 bits per heavy atom.